The summed E-state index contributed by atoms with van der Waals surface area (Å²) in [6.45, 7) is -0.0461. The van der Waals surface area contributed by atoms with E-state index in [1.807, 2.05) is 0 Å². The predicted molar refractivity (Wildman–Crippen MR) is 65.1 cm³/mol. The molecule has 0 amide bonds. The van der Waals surface area contributed by atoms with Gasteiger partial charge in [0, 0.05) is 5.56 Å². The van der Waals surface area contributed by atoms with E-state index in [1.54, 1.807) is 30.3 Å². The molecule has 0 aliphatic heterocycles. The van der Waals surface area contributed by atoms with E-state index in [9.17, 15) is 13.2 Å². The molecule has 1 aromatic heterocycles. The molecule has 3 N–H and O–H groups in total. The molecule has 0 bridgehead atoms. The molecule has 0 aliphatic carbocycles. The molecule has 7 heteroatoms. The Bertz CT molecular complexity index is 555. The number of anilines is 1. The lowest BCUT2D eigenvalue weighted by Gasteiger charge is -2.10. The van der Waals surface area contributed by atoms with Gasteiger partial charge in [0.25, 0.3) is 0 Å². The van der Waals surface area contributed by atoms with Crippen LogP contribution in [0.1, 0.15) is 5.69 Å². The maximum absolute atomic E-state index is 12.8. The fourth-order valence-corrected chi connectivity index (χ4v) is 1.52. The van der Waals surface area contributed by atoms with Crippen molar-refractivity contribution in [2.75, 3.05) is 12.0 Å². The molecular weight excluding hydrogens is 257 g/mol. The average Bonchev–Trinajstić information content (AvgIpc) is 2.39. The van der Waals surface area contributed by atoms with Crippen molar-refractivity contribution in [1.82, 2.24) is 9.97 Å². The van der Waals surface area contributed by atoms with E-state index in [2.05, 4.69) is 15.3 Å². The van der Waals surface area contributed by atoms with Crippen molar-refractivity contribution in [3.8, 4) is 11.3 Å². The van der Waals surface area contributed by atoms with Crippen molar-refractivity contribution in [3.05, 3.63) is 42.1 Å². The first kappa shape index (κ1) is 13.3. The maximum Gasteiger partial charge on any atom is 0.433 e. The number of nitrogens with one attached hydrogen (secondary N) is 1. The van der Waals surface area contributed by atoms with Gasteiger partial charge in [0.1, 0.15) is 0 Å². The van der Waals surface area contributed by atoms with Crippen LogP contribution < -0.4 is 11.1 Å². The molecule has 0 spiro atoms. The van der Waals surface area contributed by atoms with E-state index in [0.29, 0.717) is 5.56 Å². The third-order valence-corrected chi connectivity index (χ3v) is 2.35. The first-order valence-electron chi connectivity index (χ1n) is 5.46. The Morgan fingerprint density at radius 2 is 1.79 bits per heavy atom. The first-order valence-corrected chi connectivity index (χ1v) is 5.46. The van der Waals surface area contributed by atoms with E-state index < -0.39 is 11.9 Å². The molecule has 0 radical (unpaired) electrons. The van der Waals surface area contributed by atoms with Crippen LogP contribution in [0.2, 0.25) is 0 Å². The molecule has 0 aliphatic rings. The van der Waals surface area contributed by atoms with Crippen LogP contribution in [0.4, 0.5) is 19.1 Å². The highest BCUT2D eigenvalue weighted by Crippen LogP contribution is 2.30. The molecule has 4 nitrogen and oxygen atoms in total. The fraction of sp³-hybridized carbons (Fsp3) is 0.167. The molecule has 0 unspecified atom stereocenters. The van der Waals surface area contributed by atoms with Crippen LogP contribution in [-0.4, -0.2) is 16.6 Å². The zero-order valence-electron chi connectivity index (χ0n) is 9.78. The lowest BCUT2D eigenvalue weighted by atomic mass is 10.1. The Morgan fingerprint density at radius 3 is 2.37 bits per heavy atom. The molecule has 2 aromatic rings. The van der Waals surface area contributed by atoms with Gasteiger partial charge in [-0.1, -0.05) is 30.3 Å². The quantitative estimate of drug-likeness (QED) is 0.839. The highest BCUT2D eigenvalue weighted by molar-refractivity contribution is 5.60. The number of halogens is 3. The number of nitrogens with two attached hydrogens (primary N) is 1. The highest BCUT2D eigenvalue weighted by atomic mass is 19.4. The average molecular weight is 268 g/mol. The summed E-state index contributed by atoms with van der Waals surface area (Å²) in [5, 5.41) is 2.49. The summed E-state index contributed by atoms with van der Waals surface area (Å²) in [6, 6.07) is 9.48. The minimum Gasteiger partial charge on any atom is -0.342 e. The summed E-state index contributed by atoms with van der Waals surface area (Å²) in [5.74, 6) is -0.142. The summed E-state index contributed by atoms with van der Waals surface area (Å²) in [5.41, 5.74) is 5.01. The molecular formula is C12H11F3N4. The van der Waals surface area contributed by atoms with Crippen molar-refractivity contribution in [2.24, 2.45) is 5.73 Å². The van der Waals surface area contributed by atoms with Gasteiger partial charge in [0.2, 0.25) is 5.95 Å². The van der Waals surface area contributed by atoms with E-state index in [1.165, 1.54) is 0 Å². The maximum atomic E-state index is 12.8. The third-order valence-electron chi connectivity index (χ3n) is 2.35. The summed E-state index contributed by atoms with van der Waals surface area (Å²) >= 11 is 0. The minimum atomic E-state index is -4.53. The molecule has 0 fully saturated rings. The van der Waals surface area contributed by atoms with Gasteiger partial charge in [0.15, 0.2) is 5.69 Å². The second-order valence-corrected chi connectivity index (χ2v) is 3.71. The second-order valence-electron chi connectivity index (χ2n) is 3.71. The Morgan fingerprint density at radius 1 is 1.11 bits per heavy atom. The van der Waals surface area contributed by atoms with E-state index in [-0.39, 0.29) is 18.3 Å². The predicted octanol–water partition coefficient (Wildman–Crippen LogP) is 2.49. The Kier molecular flexibility index (Phi) is 3.66. The Labute approximate surface area is 107 Å². The molecule has 1 aromatic carbocycles. The van der Waals surface area contributed by atoms with Crippen LogP contribution in [0, 0.1) is 0 Å². The van der Waals surface area contributed by atoms with Crippen molar-refractivity contribution in [1.29, 1.82) is 0 Å². The van der Waals surface area contributed by atoms with Gasteiger partial charge in [-0.15, -0.1) is 0 Å². The van der Waals surface area contributed by atoms with Gasteiger partial charge in [-0.3, -0.25) is 0 Å². The number of hydrogen-bond donors (Lipinski definition) is 2. The van der Waals surface area contributed by atoms with E-state index in [4.69, 9.17) is 5.73 Å². The van der Waals surface area contributed by atoms with Gasteiger partial charge in [0.05, 0.1) is 12.4 Å². The second kappa shape index (κ2) is 5.23. The topological polar surface area (TPSA) is 63.8 Å². The molecule has 2 rings (SSSR count). The third kappa shape index (κ3) is 3.19. The highest BCUT2D eigenvalue weighted by Gasteiger charge is 2.33. The largest absolute Gasteiger partial charge is 0.433 e. The molecule has 0 atom stereocenters. The van der Waals surface area contributed by atoms with Gasteiger partial charge >= 0.3 is 6.18 Å². The normalized spacial score (nSPS) is 11.4. The van der Waals surface area contributed by atoms with Crippen LogP contribution in [0.5, 0.6) is 0 Å². The Hall–Kier alpha value is -2.15. The number of nitrogens with zero attached hydrogens (tertiary/aromatic N) is 2. The van der Waals surface area contributed by atoms with E-state index >= 15 is 0 Å². The summed E-state index contributed by atoms with van der Waals surface area (Å²) in [4.78, 5) is 7.40. The zero-order valence-corrected chi connectivity index (χ0v) is 9.78. The molecule has 19 heavy (non-hydrogen) atoms. The number of alkyl halides is 3. The number of aromatic nitrogens is 2. The number of benzene rings is 1. The van der Waals surface area contributed by atoms with E-state index in [0.717, 1.165) is 6.07 Å². The van der Waals surface area contributed by atoms with Gasteiger partial charge in [-0.2, -0.15) is 13.2 Å². The fourth-order valence-electron chi connectivity index (χ4n) is 1.52. The standard InChI is InChI=1S/C12H11F3N4/c13-12(14,15)10-6-9(8-4-2-1-3-5-8)18-11(19-10)17-7-16/h1-6H,7,16H2,(H,17,18,19). The number of rotatable bonds is 3. The van der Waals surface area contributed by atoms with Crippen molar-refractivity contribution < 1.29 is 13.2 Å². The minimum absolute atomic E-state index is 0.0461. The zero-order chi connectivity index (χ0) is 13.9. The molecule has 0 saturated heterocycles. The van der Waals surface area contributed by atoms with Crippen LogP contribution in [0.3, 0.4) is 0 Å². The summed E-state index contributed by atoms with van der Waals surface area (Å²) < 4.78 is 38.3. The summed E-state index contributed by atoms with van der Waals surface area (Å²) in [6.07, 6.45) is -4.53. The van der Waals surface area contributed by atoms with Crippen molar-refractivity contribution in [3.63, 3.8) is 0 Å². The molecule has 1 heterocycles. The van der Waals surface area contributed by atoms with Gasteiger partial charge < -0.3 is 11.1 Å². The SMILES string of the molecule is NCNc1nc(-c2ccccc2)cc(C(F)(F)F)n1. The Balaban J connectivity index is 2.52. The van der Waals surface area contributed by atoms with Gasteiger partial charge in [-0.05, 0) is 6.07 Å². The van der Waals surface area contributed by atoms with Crippen molar-refractivity contribution >= 4 is 5.95 Å². The monoisotopic (exact) mass is 268 g/mol. The lowest BCUT2D eigenvalue weighted by molar-refractivity contribution is -0.141. The van der Waals surface area contributed by atoms with Crippen LogP contribution in [0.25, 0.3) is 11.3 Å². The van der Waals surface area contributed by atoms with Crippen LogP contribution in [-0.2, 0) is 6.18 Å². The first-order chi connectivity index (χ1) is 9.00. The summed E-state index contributed by atoms with van der Waals surface area (Å²) in [7, 11) is 0. The smallest absolute Gasteiger partial charge is 0.342 e. The molecule has 100 valence electrons. The van der Waals surface area contributed by atoms with Crippen molar-refractivity contribution in [2.45, 2.75) is 6.18 Å². The molecule has 0 saturated carbocycles. The lowest BCUT2D eigenvalue weighted by Crippen LogP contribution is -2.16. The number of hydrogen-bond acceptors (Lipinski definition) is 4. The van der Waals surface area contributed by atoms with Gasteiger partial charge in [-0.25, -0.2) is 9.97 Å². The van der Waals surface area contributed by atoms with Crippen LogP contribution >= 0.6 is 0 Å². The van der Waals surface area contributed by atoms with Crippen LogP contribution in [0.15, 0.2) is 36.4 Å².